The molecule has 3 rings (SSSR count). The maximum absolute atomic E-state index is 12.8. The maximum Gasteiger partial charge on any atom is 0.412 e. The second kappa shape index (κ2) is 9.66. The molecule has 2 aromatic heterocycles. The van der Waals surface area contributed by atoms with Gasteiger partial charge in [0, 0.05) is 36.7 Å². The second-order valence-electron chi connectivity index (χ2n) is 8.65. The van der Waals surface area contributed by atoms with Crippen molar-refractivity contribution in [2.24, 2.45) is 7.05 Å². The summed E-state index contributed by atoms with van der Waals surface area (Å²) < 4.78 is 7.86. The van der Waals surface area contributed by atoms with E-state index in [1.807, 2.05) is 38.1 Å². The number of carbonyl (C=O) groups is 3. The summed E-state index contributed by atoms with van der Waals surface area (Å²) in [6.45, 7) is 10.6. The number of hydrogen-bond donors (Lipinski definition) is 2. The smallest absolute Gasteiger partial charge is 0.412 e. The van der Waals surface area contributed by atoms with Gasteiger partial charge in [0.1, 0.15) is 11.3 Å². The summed E-state index contributed by atoms with van der Waals surface area (Å²) >= 11 is 1.44. The summed E-state index contributed by atoms with van der Waals surface area (Å²) in [5, 5.41) is 6.42. The minimum Gasteiger partial charge on any atom is -0.444 e. The van der Waals surface area contributed by atoms with Gasteiger partial charge in [-0.15, -0.1) is 11.3 Å². The molecule has 3 amide bonds. The summed E-state index contributed by atoms with van der Waals surface area (Å²) in [5.41, 5.74) is 0.846. The predicted molar refractivity (Wildman–Crippen MR) is 132 cm³/mol. The first-order valence-corrected chi connectivity index (χ1v) is 11.6. The molecule has 2 N–H and O–H groups in total. The van der Waals surface area contributed by atoms with Crippen molar-refractivity contribution < 1.29 is 19.1 Å². The van der Waals surface area contributed by atoms with Crippen LogP contribution < -0.4 is 10.6 Å². The molecule has 0 aliphatic heterocycles. The van der Waals surface area contributed by atoms with Gasteiger partial charge in [0.25, 0.3) is 11.8 Å². The Morgan fingerprint density at radius 1 is 1.03 bits per heavy atom. The molecule has 0 saturated heterocycles. The second-order valence-corrected chi connectivity index (χ2v) is 9.73. The van der Waals surface area contributed by atoms with Gasteiger partial charge in [-0.25, -0.2) is 4.79 Å². The molecule has 0 bridgehead atoms. The fraction of sp³-hybridized carbons (Fsp3) is 0.375. The Labute approximate surface area is 197 Å². The molecule has 0 spiro atoms. The van der Waals surface area contributed by atoms with Gasteiger partial charge in [0.2, 0.25) is 0 Å². The van der Waals surface area contributed by atoms with Crippen LogP contribution in [0.2, 0.25) is 0 Å². The normalized spacial score (nSPS) is 11.3. The van der Waals surface area contributed by atoms with E-state index in [2.05, 4.69) is 10.6 Å². The summed E-state index contributed by atoms with van der Waals surface area (Å²) in [7, 11) is 1.72. The van der Waals surface area contributed by atoms with Gasteiger partial charge in [0.05, 0.1) is 10.6 Å². The maximum atomic E-state index is 12.8. The van der Waals surface area contributed by atoms with Crippen LogP contribution in [-0.2, 0) is 11.8 Å². The molecule has 0 radical (unpaired) electrons. The van der Waals surface area contributed by atoms with Crippen molar-refractivity contribution in [1.82, 2.24) is 9.47 Å². The van der Waals surface area contributed by atoms with E-state index in [0.717, 1.165) is 10.1 Å². The SMILES string of the molecule is CCN(CC)C(=O)c1cc2cc(NC(=O)c3cc(NC(=O)OC(C)(C)C)cn3C)ccc2s1. The molecular formula is C24H30N4O4S. The number of rotatable bonds is 6. The van der Waals surface area contributed by atoms with E-state index >= 15 is 0 Å². The third-order valence-electron chi connectivity index (χ3n) is 4.92. The first kappa shape index (κ1) is 24.3. The average molecular weight is 471 g/mol. The van der Waals surface area contributed by atoms with Crippen LogP contribution in [0.3, 0.4) is 0 Å². The lowest BCUT2D eigenvalue weighted by molar-refractivity contribution is 0.0635. The standard InChI is InChI=1S/C24H30N4O4S/c1-7-28(8-2)22(30)20-12-15-11-16(9-10-19(15)33-20)25-21(29)18-13-17(14-27(18)6)26-23(31)32-24(3,4)5/h9-14H,7-8H2,1-6H3,(H,25,29)(H,26,31). The molecular weight excluding hydrogens is 440 g/mol. The Hall–Kier alpha value is -3.33. The van der Waals surface area contributed by atoms with Crippen molar-refractivity contribution in [3.63, 3.8) is 0 Å². The van der Waals surface area contributed by atoms with E-state index < -0.39 is 11.7 Å². The number of nitrogens with zero attached hydrogens (tertiary/aromatic N) is 2. The molecule has 0 aliphatic rings. The van der Waals surface area contributed by atoms with E-state index in [9.17, 15) is 14.4 Å². The summed E-state index contributed by atoms with van der Waals surface area (Å²) in [4.78, 5) is 39.9. The Morgan fingerprint density at radius 2 is 1.73 bits per heavy atom. The van der Waals surface area contributed by atoms with Crippen LogP contribution in [0.5, 0.6) is 0 Å². The van der Waals surface area contributed by atoms with Crippen molar-refractivity contribution in [3.8, 4) is 0 Å². The Bertz CT molecular complexity index is 1180. The number of aromatic nitrogens is 1. The monoisotopic (exact) mass is 470 g/mol. The summed E-state index contributed by atoms with van der Waals surface area (Å²) in [6.07, 6.45) is 1.06. The minimum atomic E-state index is -0.616. The third-order valence-corrected chi connectivity index (χ3v) is 6.02. The number of hydrogen-bond acceptors (Lipinski definition) is 5. The van der Waals surface area contributed by atoms with Crippen LogP contribution in [0.15, 0.2) is 36.5 Å². The van der Waals surface area contributed by atoms with E-state index in [4.69, 9.17) is 4.74 Å². The van der Waals surface area contributed by atoms with Gasteiger partial charge in [-0.3, -0.25) is 14.9 Å². The Morgan fingerprint density at radius 3 is 2.36 bits per heavy atom. The van der Waals surface area contributed by atoms with Crippen LogP contribution in [0.25, 0.3) is 10.1 Å². The zero-order valence-corrected chi connectivity index (χ0v) is 20.6. The van der Waals surface area contributed by atoms with Crippen LogP contribution in [0, 0.1) is 0 Å². The van der Waals surface area contributed by atoms with Crippen LogP contribution in [-0.4, -0.2) is 46.1 Å². The molecule has 1 aromatic carbocycles. The number of nitrogens with one attached hydrogen (secondary N) is 2. The van der Waals surface area contributed by atoms with E-state index in [1.54, 1.807) is 49.5 Å². The highest BCUT2D eigenvalue weighted by atomic mass is 32.1. The molecule has 2 heterocycles. The lowest BCUT2D eigenvalue weighted by atomic mass is 10.2. The predicted octanol–water partition coefficient (Wildman–Crippen LogP) is 5.32. The molecule has 33 heavy (non-hydrogen) atoms. The zero-order valence-electron chi connectivity index (χ0n) is 19.8. The molecule has 9 heteroatoms. The number of anilines is 2. The lowest BCUT2D eigenvalue weighted by Gasteiger charge is -2.19. The molecule has 8 nitrogen and oxygen atoms in total. The van der Waals surface area contributed by atoms with Crippen LogP contribution >= 0.6 is 11.3 Å². The van der Waals surface area contributed by atoms with Crippen molar-refractivity contribution >= 4 is 50.7 Å². The van der Waals surface area contributed by atoms with E-state index in [-0.39, 0.29) is 11.8 Å². The van der Waals surface area contributed by atoms with Crippen LogP contribution in [0.4, 0.5) is 16.2 Å². The fourth-order valence-electron chi connectivity index (χ4n) is 3.37. The van der Waals surface area contributed by atoms with Gasteiger partial charge < -0.3 is 19.5 Å². The van der Waals surface area contributed by atoms with E-state index in [0.29, 0.717) is 35.0 Å². The molecule has 176 valence electrons. The molecule has 3 aromatic rings. The number of thiophene rings is 1. The Balaban J connectivity index is 1.73. The molecule has 0 fully saturated rings. The van der Waals surface area contributed by atoms with Gasteiger partial charge in [-0.2, -0.15) is 0 Å². The average Bonchev–Trinajstić information content (AvgIpc) is 3.30. The Kier molecular flexibility index (Phi) is 7.12. The number of fused-ring (bicyclic) bond motifs is 1. The van der Waals surface area contributed by atoms with Gasteiger partial charge in [-0.1, -0.05) is 0 Å². The van der Waals surface area contributed by atoms with Gasteiger partial charge in [-0.05, 0) is 70.3 Å². The van der Waals surface area contributed by atoms with E-state index in [1.165, 1.54) is 11.3 Å². The molecule has 0 saturated carbocycles. The first-order chi connectivity index (χ1) is 15.5. The molecule has 0 aliphatic carbocycles. The van der Waals surface area contributed by atoms with Crippen molar-refractivity contribution in [2.45, 2.75) is 40.2 Å². The highest BCUT2D eigenvalue weighted by molar-refractivity contribution is 7.20. The van der Waals surface area contributed by atoms with Gasteiger partial charge in [0.15, 0.2) is 0 Å². The largest absolute Gasteiger partial charge is 0.444 e. The van der Waals surface area contributed by atoms with Crippen molar-refractivity contribution in [1.29, 1.82) is 0 Å². The third kappa shape index (κ3) is 5.92. The fourth-order valence-corrected chi connectivity index (χ4v) is 4.38. The topological polar surface area (TPSA) is 92.7 Å². The highest BCUT2D eigenvalue weighted by Gasteiger charge is 2.19. The van der Waals surface area contributed by atoms with Crippen molar-refractivity contribution in [3.05, 3.63) is 47.1 Å². The summed E-state index contributed by atoms with van der Waals surface area (Å²) in [5.74, 6) is -0.302. The number of ether oxygens (including phenoxy) is 1. The highest BCUT2D eigenvalue weighted by Crippen LogP contribution is 2.29. The van der Waals surface area contributed by atoms with Gasteiger partial charge >= 0.3 is 6.09 Å². The molecule has 0 unspecified atom stereocenters. The van der Waals surface area contributed by atoms with Crippen molar-refractivity contribution in [2.75, 3.05) is 23.7 Å². The number of aryl methyl sites for hydroxylation is 1. The number of carbonyl (C=O) groups excluding carboxylic acids is 3. The quantitative estimate of drug-likeness (QED) is 0.510. The summed E-state index contributed by atoms with van der Waals surface area (Å²) in [6, 6.07) is 9.01. The number of amides is 3. The van der Waals surface area contributed by atoms with Crippen LogP contribution in [0.1, 0.15) is 54.8 Å². The minimum absolute atomic E-state index is 0.0145. The zero-order chi connectivity index (χ0) is 24.3. The number of benzene rings is 1. The first-order valence-electron chi connectivity index (χ1n) is 10.8. The lowest BCUT2D eigenvalue weighted by Crippen LogP contribution is -2.29. The molecule has 0 atom stereocenters.